The predicted octanol–water partition coefficient (Wildman–Crippen LogP) is -0.656. The molecule has 6 heavy (non-hydrogen) atoms. The van der Waals surface area contributed by atoms with Crippen LogP contribution in [0.5, 0.6) is 0 Å². The fraction of sp³-hybridized carbons (Fsp3) is 0.500. The molecule has 4 heteroatoms. The zero-order valence-electron chi connectivity index (χ0n) is 3.18. The first kappa shape index (κ1) is 6.12. The highest BCUT2D eigenvalue weighted by Crippen LogP contribution is 1.85. The summed E-state index contributed by atoms with van der Waals surface area (Å²) in [5, 5.41) is 0. The minimum Gasteiger partial charge on any atom is -0.369 e. The summed E-state index contributed by atoms with van der Waals surface area (Å²) in [4.78, 5) is 9.78. The summed E-state index contributed by atoms with van der Waals surface area (Å²) in [5.41, 5.74) is 4.72. The average Bonchev–Trinajstić information content (AvgIpc) is 1.35. The van der Waals surface area contributed by atoms with Gasteiger partial charge in [-0.15, -0.1) is 11.8 Å². The van der Waals surface area contributed by atoms with Crippen LogP contribution in [0, 0.1) is 0 Å². The molecule has 0 heterocycles. The summed E-state index contributed by atoms with van der Waals surface area (Å²) >= 11 is 4.51. The molecule has 0 aliphatic carbocycles. The quantitative estimate of drug-likeness (QED) is 0.495. The zero-order chi connectivity index (χ0) is 4.99. The Kier molecular flexibility index (Phi) is 3.38. The van der Waals surface area contributed by atoms with Crippen LogP contribution in [0.2, 0.25) is 0 Å². The van der Waals surface area contributed by atoms with Gasteiger partial charge in [-0.3, -0.25) is 4.79 Å². The van der Waals surface area contributed by atoms with Crippen molar-refractivity contribution in [1.82, 2.24) is 0 Å². The van der Waals surface area contributed by atoms with Crippen LogP contribution >= 0.6 is 7.36 Å². The smallest absolute Gasteiger partial charge is 0.222 e. The number of nitrogens with two attached hydrogens (primary N) is 1. The van der Waals surface area contributed by atoms with Crippen LogP contribution in [0.15, 0.2) is 0 Å². The van der Waals surface area contributed by atoms with Crippen molar-refractivity contribution in [3.05, 3.63) is 0 Å². The zero-order valence-corrected chi connectivity index (χ0v) is 5.15. The van der Waals surface area contributed by atoms with Gasteiger partial charge in [-0.05, 0) is 0 Å². The van der Waals surface area contributed by atoms with E-state index in [0.717, 1.165) is 0 Å². The summed E-state index contributed by atoms with van der Waals surface area (Å²) in [5.74, 6) is -0.278. The van der Waals surface area contributed by atoms with Crippen molar-refractivity contribution in [2.75, 3.05) is 6.16 Å². The molecular formula is C2H6NOPS. The van der Waals surface area contributed by atoms with E-state index in [9.17, 15) is 4.79 Å². The van der Waals surface area contributed by atoms with Crippen LogP contribution in [-0.4, -0.2) is 12.1 Å². The van der Waals surface area contributed by atoms with Gasteiger partial charge >= 0.3 is 0 Å². The van der Waals surface area contributed by atoms with Crippen molar-refractivity contribution in [2.45, 2.75) is 0 Å². The Bertz CT molecular complexity index is 73.9. The summed E-state index contributed by atoms with van der Waals surface area (Å²) in [6.07, 6.45) is 0.412. The van der Waals surface area contributed by atoms with E-state index in [-0.39, 0.29) is 13.3 Å². The van der Waals surface area contributed by atoms with E-state index in [1.165, 1.54) is 0 Å². The molecule has 0 fully saturated rings. The first-order chi connectivity index (χ1) is 2.77. The molecule has 0 saturated carbocycles. The molecule has 0 aromatic carbocycles. The van der Waals surface area contributed by atoms with Crippen molar-refractivity contribution in [3.8, 4) is 0 Å². The third-order valence-electron chi connectivity index (χ3n) is 0.285. The lowest BCUT2D eigenvalue weighted by Crippen LogP contribution is -2.10. The van der Waals surface area contributed by atoms with Gasteiger partial charge in [0.25, 0.3) is 0 Å². The van der Waals surface area contributed by atoms with Gasteiger partial charge in [-0.25, -0.2) is 0 Å². The summed E-state index contributed by atoms with van der Waals surface area (Å²) < 4.78 is 0. The van der Waals surface area contributed by atoms with E-state index in [2.05, 4.69) is 11.8 Å². The number of hydrogen-bond acceptors (Lipinski definition) is 2. The van der Waals surface area contributed by atoms with Gasteiger partial charge in [-0.1, -0.05) is 7.36 Å². The van der Waals surface area contributed by atoms with Gasteiger partial charge in [0.1, 0.15) is 0 Å². The lowest BCUT2D eigenvalue weighted by Gasteiger charge is -1.75. The summed E-state index contributed by atoms with van der Waals surface area (Å²) in [7, 11) is -0.139. The topological polar surface area (TPSA) is 43.1 Å². The minimum absolute atomic E-state index is 0.139. The van der Waals surface area contributed by atoms with Gasteiger partial charge < -0.3 is 5.73 Å². The highest BCUT2D eigenvalue weighted by molar-refractivity contribution is 7.96. The van der Waals surface area contributed by atoms with Gasteiger partial charge in [0.15, 0.2) is 0 Å². The van der Waals surface area contributed by atoms with Crippen LogP contribution in [0.4, 0.5) is 0 Å². The van der Waals surface area contributed by atoms with Gasteiger partial charge in [0.2, 0.25) is 5.91 Å². The maximum Gasteiger partial charge on any atom is 0.222 e. The molecule has 0 rings (SSSR count). The Morgan fingerprint density at radius 1 is 2.00 bits per heavy atom. The van der Waals surface area contributed by atoms with E-state index in [4.69, 9.17) is 5.73 Å². The second-order valence-electron chi connectivity index (χ2n) is 0.837. The third-order valence-corrected chi connectivity index (χ3v) is 1.35. The van der Waals surface area contributed by atoms with E-state index in [0.29, 0.717) is 6.16 Å². The molecule has 0 aromatic rings. The third kappa shape index (κ3) is 4.12. The lowest BCUT2D eigenvalue weighted by molar-refractivity contribution is -0.115. The molecule has 1 atom stereocenters. The van der Waals surface area contributed by atoms with Gasteiger partial charge in [0, 0.05) is 0 Å². The largest absolute Gasteiger partial charge is 0.369 e. The lowest BCUT2D eigenvalue weighted by atomic mass is 10.8. The fourth-order valence-electron chi connectivity index (χ4n) is 0.0821. The molecule has 1 amide bonds. The van der Waals surface area contributed by atoms with Crippen LogP contribution in [0.25, 0.3) is 0 Å². The van der Waals surface area contributed by atoms with Crippen molar-refractivity contribution in [3.63, 3.8) is 0 Å². The van der Waals surface area contributed by atoms with Crippen molar-refractivity contribution >= 4 is 25.1 Å². The van der Waals surface area contributed by atoms with E-state index >= 15 is 0 Å². The highest BCUT2D eigenvalue weighted by atomic mass is 32.4. The molecular weight excluding hydrogens is 117 g/mol. The predicted molar refractivity (Wildman–Crippen MR) is 31.1 cm³/mol. The molecule has 0 spiro atoms. The Morgan fingerprint density at radius 2 is 2.50 bits per heavy atom. The maximum atomic E-state index is 9.78. The van der Waals surface area contributed by atoms with E-state index in [1.807, 2.05) is 0 Å². The van der Waals surface area contributed by atoms with Crippen molar-refractivity contribution in [2.24, 2.45) is 5.73 Å². The Hall–Kier alpha value is 0.120. The SMILES string of the molecule is NC(=O)C[PH2]=S. The second kappa shape index (κ2) is 3.32. The normalized spacial score (nSPS) is 10.0. The molecule has 0 saturated heterocycles. The molecule has 2 nitrogen and oxygen atoms in total. The minimum atomic E-state index is -0.278. The molecule has 1 unspecified atom stereocenters. The van der Waals surface area contributed by atoms with Crippen molar-refractivity contribution < 1.29 is 4.79 Å². The molecule has 0 aromatic heterocycles. The van der Waals surface area contributed by atoms with Gasteiger partial charge in [-0.2, -0.15) is 0 Å². The number of amides is 1. The monoisotopic (exact) mass is 123 g/mol. The second-order valence-corrected chi connectivity index (χ2v) is 2.58. The van der Waals surface area contributed by atoms with Crippen LogP contribution in [-0.2, 0) is 16.6 Å². The first-order valence-electron chi connectivity index (χ1n) is 1.49. The number of rotatable bonds is 2. The van der Waals surface area contributed by atoms with Crippen LogP contribution in [0.3, 0.4) is 0 Å². The van der Waals surface area contributed by atoms with Crippen LogP contribution < -0.4 is 5.73 Å². The Morgan fingerprint density at radius 3 is 2.50 bits per heavy atom. The summed E-state index contributed by atoms with van der Waals surface area (Å²) in [6, 6.07) is 0. The maximum absolute atomic E-state index is 9.78. The van der Waals surface area contributed by atoms with E-state index < -0.39 is 0 Å². The summed E-state index contributed by atoms with van der Waals surface area (Å²) in [6.45, 7) is 0. The highest BCUT2D eigenvalue weighted by Gasteiger charge is 1.81. The standard InChI is InChI=1S/C2H6NOPS/c3-2(4)1-5-6/h1,5H2,(H2,3,4). The van der Waals surface area contributed by atoms with Crippen LogP contribution in [0.1, 0.15) is 0 Å². The molecule has 2 N–H and O–H groups in total. The van der Waals surface area contributed by atoms with Crippen molar-refractivity contribution in [1.29, 1.82) is 0 Å². The average molecular weight is 123 g/mol. The Balaban J connectivity index is 3.05. The molecule has 0 bridgehead atoms. The molecule has 36 valence electrons. The number of carbonyl (C=O) groups excluding carboxylic acids is 1. The fourth-order valence-corrected chi connectivity index (χ4v) is 0.739. The molecule has 0 aliphatic heterocycles. The number of carbonyl (C=O) groups is 1. The molecule has 0 aliphatic rings. The van der Waals surface area contributed by atoms with Gasteiger partial charge in [0.05, 0.1) is 6.16 Å². The van der Waals surface area contributed by atoms with E-state index in [1.54, 1.807) is 0 Å². The Labute approximate surface area is 42.6 Å². The first-order valence-corrected chi connectivity index (χ1v) is 4.19. The number of hydrogen-bond donors (Lipinski definition) is 1. The molecule has 0 radical (unpaired) electrons. The number of primary amides is 1.